The van der Waals surface area contributed by atoms with Crippen molar-refractivity contribution in [3.63, 3.8) is 0 Å². The monoisotopic (exact) mass is 224 g/mol. The van der Waals surface area contributed by atoms with Crippen molar-refractivity contribution in [1.29, 1.82) is 0 Å². The average molecular weight is 224 g/mol. The summed E-state index contributed by atoms with van der Waals surface area (Å²) in [6, 6.07) is 0.864. The molecule has 2 rings (SSSR count). The first-order valence-electron chi connectivity index (χ1n) is 7.39. The Hall–Kier alpha value is -0.0800. The van der Waals surface area contributed by atoms with Crippen LogP contribution in [0.2, 0.25) is 0 Å². The van der Waals surface area contributed by atoms with Crippen LogP contribution >= 0.6 is 0 Å². The summed E-state index contributed by atoms with van der Waals surface area (Å²) in [5.41, 5.74) is 0. The van der Waals surface area contributed by atoms with Crippen LogP contribution in [0.3, 0.4) is 0 Å². The zero-order valence-electron chi connectivity index (χ0n) is 10.6. The highest BCUT2D eigenvalue weighted by molar-refractivity contribution is 4.80. The third-order valence-electron chi connectivity index (χ3n) is 4.02. The Morgan fingerprint density at radius 2 is 1.50 bits per heavy atom. The topological polar surface area (TPSA) is 24.1 Å². The van der Waals surface area contributed by atoms with Crippen LogP contribution in [0.5, 0.6) is 0 Å². The van der Waals surface area contributed by atoms with Crippen LogP contribution in [0.4, 0.5) is 0 Å². The third kappa shape index (κ3) is 5.31. The Kier molecular flexibility index (Phi) is 5.64. The van der Waals surface area contributed by atoms with Crippen LogP contribution in [0.1, 0.15) is 57.8 Å². The minimum Gasteiger partial charge on any atom is -0.315 e. The highest BCUT2D eigenvalue weighted by atomic mass is 15.0. The lowest BCUT2D eigenvalue weighted by atomic mass is 9.97. The SMILES string of the molecule is C1CCCC(CCNCCNC2CC2)CC1. The molecule has 2 N–H and O–H groups in total. The van der Waals surface area contributed by atoms with Crippen molar-refractivity contribution in [2.45, 2.75) is 63.8 Å². The van der Waals surface area contributed by atoms with Crippen LogP contribution < -0.4 is 10.6 Å². The summed E-state index contributed by atoms with van der Waals surface area (Å²) < 4.78 is 0. The average Bonchev–Trinajstić information content (AvgIpc) is 3.10. The second-order valence-electron chi connectivity index (χ2n) is 5.62. The summed E-state index contributed by atoms with van der Waals surface area (Å²) in [7, 11) is 0. The van der Waals surface area contributed by atoms with Crippen molar-refractivity contribution in [2.24, 2.45) is 5.92 Å². The van der Waals surface area contributed by atoms with E-state index >= 15 is 0 Å². The van der Waals surface area contributed by atoms with Crippen molar-refractivity contribution in [3.05, 3.63) is 0 Å². The van der Waals surface area contributed by atoms with Gasteiger partial charge in [0.05, 0.1) is 0 Å². The van der Waals surface area contributed by atoms with Gasteiger partial charge in [-0.2, -0.15) is 0 Å². The van der Waals surface area contributed by atoms with Gasteiger partial charge in [0.15, 0.2) is 0 Å². The van der Waals surface area contributed by atoms with Gasteiger partial charge in [0.2, 0.25) is 0 Å². The molecular weight excluding hydrogens is 196 g/mol. The van der Waals surface area contributed by atoms with E-state index in [9.17, 15) is 0 Å². The third-order valence-corrected chi connectivity index (χ3v) is 4.02. The lowest BCUT2D eigenvalue weighted by Gasteiger charge is -2.14. The van der Waals surface area contributed by atoms with Crippen molar-refractivity contribution in [1.82, 2.24) is 10.6 Å². The second kappa shape index (κ2) is 7.29. The summed E-state index contributed by atoms with van der Waals surface area (Å²) in [6.07, 6.45) is 13.1. The van der Waals surface area contributed by atoms with Gasteiger partial charge in [-0.25, -0.2) is 0 Å². The van der Waals surface area contributed by atoms with Gasteiger partial charge >= 0.3 is 0 Å². The van der Waals surface area contributed by atoms with E-state index in [0.29, 0.717) is 0 Å². The molecule has 0 aromatic heterocycles. The highest BCUT2D eigenvalue weighted by Crippen LogP contribution is 2.24. The molecule has 2 fully saturated rings. The van der Waals surface area contributed by atoms with Crippen LogP contribution in [0, 0.1) is 5.92 Å². The largest absolute Gasteiger partial charge is 0.315 e. The van der Waals surface area contributed by atoms with Gasteiger partial charge in [-0.15, -0.1) is 0 Å². The maximum atomic E-state index is 3.57. The molecule has 2 nitrogen and oxygen atoms in total. The Morgan fingerprint density at radius 1 is 0.750 bits per heavy atom. The van der Waals surface area contributed by atoms with E-state index in [0.717, 1.165) is 25.0 Å². The first-order chi connectivity index (χ1) is 7.95. The first-order valence-corrected chi connectivity index (χ1v) is 7.39. The van der Waals surface area contributed by atoms with E-state index in [2.05, 4.69) is 10.6 Å². The van der Waals surface area contributed by atoms with E-state index in [1.54, 1.807) is 0 Å². The van der Waals surface area contributed by atoms with Gasteiger partial charge in [0.25, 0.3) is 0 Å². The number of hydrogen-bond acceptors (Lipinski definition) is 2. The fourth-order valence-corrected chi connectivity index (χ4v) is 2.74. The molecule has 0 bridgehead atoms. The predicted molar refractivity (Wildman–Crippen MR) is 69.7 cm³/mol. The summed E-state index contributed by atoms with van der Waals surface area (Å²) >= 11 is 0. The zero-order valence-corrected chi connectivity index (χ0v) is 10.6. The van der Waals surface area contributed by atoms with Crippen molar-refractivity contribution in [3.8, 4) is 0 Å². The molecule has 2 heteroatoms. The van der Waals surface area contributed by atoms with Crippen LogP contribution in [0.15, 0.2) is 0 Å². The molecule has 2 aliphatic rings. The molecule has 0 unspecified atom stereocenters. The molecule has 0 heterocycles. The Bertz CT molecular complexity index is 170. The van der Waals surface area contributed by atoms with Crippen molar-refractivity contribution >= 4 is 0 Å². The smallest absolute Gasteiger partial charge is 0.00793 e. The van der Waals surface area contributed by atoms with Gasteiger partial charge < -0.3 is 10.6 Å². The van der Waals surface area contributed by atoms with Crippen molar-refractivity contribution < 1.29 is 0 Å². The number of nitrogens with one attached hydrogen (secondary N) is 2. The predicted octanol–water partition coefficient (Wildman–Crippen LogP) is 2.69. The quantitative estimate of drug-likeness (QED) is 0.513. The maximum absolute atomic E-state index is 3.57. The van der Waals surface area contributed by atoms with Crippen LogP contribution in [0.25, 0.3) is 0 Å². The Morgan fingerprint density at radius 3 is 2.19 bits per heavy atom. The van der Waals surface area contributed by atoms with E-state index < -0.39 is 0 Å². The van der Waals surface area contributed by atoms with E-state index in [-0.39, 0.29) is 0 Å². The van der Waals surface area contributed by atoms with Crippen molar-refractivity contribution in [2.75, 3.05) is 19.6 Å². The minimum absolute atomic E-state index is 0.864. The molecule has 0 aliphatic heterocycles. The summed E-state index contributed by atoms with van der Waals surface area (Å²) in [4.78, 5) is 0. The van der Waals surface area contributed by atoms with Crippen LogP contribution in [-0.4, -0.2) is 25.7 Å². The van der Waals surface area contributed by atoms with Gasteiger partial charge in [0, 0.05) is 19.1 Å². The van der Waals surface area contributed by atoms with Gasteiger partial charge in [-0.05, 0) is 31.7 Å². The van der Waals surface area contributed by atoms with Gasteiger partial charge in [-0.3, -0.25) is 0 Å². The summed E-state index contributed by atoms with van der Waals surface area (Å²) in [5.74, 6) is 1.02. The number of hydrogen-bond donors (Lipinski definition) is 2. The molecule has 0 atom stereocenters. The van der Waals surface area contributed by atoms with E-state index in [1.807, 2.05) is 0 Å². The molecule has 94 valence electrons. The fourth-order valence-electron chi connectivity index (χ4n) is 2.74. The lowest BCUT2D eigenvalue weighted by Crippen LogP contribution is -2.29. The zero-order chi connectivity index (χ0) is 11.1. The molecular formula is C14H28N2. The molecule has 0 saturated heterocycles. The Labute approximate surface area is 101 Å². The molecule has 16 heavy (non-hydrogen) atoms. The molecule has 0 radical (unpaired) electrons. The van der Waals surface area contributed by atoms with E-state index in [1.165, 1.54) is 64.3 Å². The minimum atomic E-state index is 0.864. The Balaban J connectivity index is 1.40. The lowest BCUT2D eigenvalue weighted by molar-refractivity contribution is 0.414. The number of rotatable bonds is 7. The standard InChI is InChI=1S/C14H28N2/c1-2-4-6-13(5-3-1)9-10-15-11-12-16-14-7-8-14/h13-16H,1-12H2. The highest BCUT2D eigenvalue weighted by Gasteiger charge is 2.19. The fraction of sp³-hybridized carbons (Fsp3) is 1.00. The molecule has 0 aromatic rings. The molecule has 0 aromatic carbocycles. The molecule has 0 spiro atoms. The molecule has 2 aliphatic carbocycles. The van der Waals surface area contributed by atoms with Crippen LogP contribution in [-0.2, 0) is 0 Å². The second-order valence-corrected chi connectivity index (χ2v) is 5.62. The maximum Gasteiger partial charge on any atom is 0.00793 e. The normalized spacial score (nSPS) is 23.2. The van der Waals surface area contributed by atoms with E-state index in [4.69, 9.17) is 0 Å². The molecule has 2 saturated carbocycles. The summed E-state index contributed by atoms with van der Waals surface area (Å²) in [5, 5.41) is 7.12. The molecule has 0 amide bonds. The first kappa shape index (κ1) is 12.4. The van der Waals surface area contributed by atoms with Gasteiger partial charge in [0.1, 0.15) is 0 Å². The summed E-state index contributed by atoms with van der Waals surface area (Å²) in [6.45, 7) is 3.55. The van der Waals surface area contributed by atoms with Gasteiger partial charge in [-0.1, -0.05) is 38.5 Å².